The van der Waals surface area contributed by atoms with E-state index in [0.717, 1.165) is 16.7 Å². The first-order chi connectivity index (χ1) is 15.6. The molecule has 0 spiro atoms. The Morgan fingerprint density at radius 2 is 1.58 bits per heavy atom. The zero-order chi connectivity index (χ0) is 23.9. The monoisotopic (exact) mass is 460 g/mol. The van der Waals surface area contributed by atoms with Crippen molar-refractivity contribution in [2.75, 3.05) is 0 Å². The van der Waals surface area contributed by atoms with E-state index in [2.05, 4.69) is 20.8 Å². The van der Waals surface area contributed by atoms with E-state index < -0.39 is 11.4 Å². The van der Waals surface area contributed by atoms with Gasteiger partial charge in [-0.2, -0.15) is 0 Å². The van der Waals surface area contributed by atoms with Crippen molar-refractivity contribution < 1.29 is 13.9 Å². The highest BCUT2D eigenvalue weighted by Crippen LogP contribution is 2.36. The largest absolute Gasteiger partial charge is 0.452 e. The van der Waals surface area contributed by atoms with Crippen LogP contribution in [0.25, 0.3) is 22.3 Å². The van der Waals surface area contributed by atoms with Gasteiger partial charge in [0.25, 0.3) is 0 Å². The number of halogens is 1. The number of benzene rings is 3. The molecule has 5 heteroatoms. The summed E-state index contributed by atoms with van der Waals surface area (Å²) >= 11 is 6.40. The third kappa shape index (κ3) is 4.44. The van der Waals surface area contributed by atoms with Gasteiger partial charge >= 0.3 is 5.97 Å². The SMILES string of the molecule is Cc1cc2oc(-c3ccccc3Cl)c(OC(=O)c3ccc(C(C)(C)C)cc3)c(=O)c2cc1C. The Labute approximate surface area is 197 Å². The Balaban J connectivity index is 1.86. The van der Waals surface area contributed by atoms with Gasteiger partial charge in [-0.25, -0.2) is 4.79 Å². The fourth-order valence-corrected chi connectivity index (χ4v) is 3.83. The lowest BCUT2D eigenvalue weighted by atomic mass is 9.87. The predicted octanol–water partition coefficient (Wildman–Crippen LogP) is 7.25. The van der Waals surface area contributed by atoms with Crippen molar-refractivity contribution in [1.29, 1.82) is 0 Å². The zero-order valence-corrected chi connectivity index (χ0v) is 20.0. The summed E-state index contributed by atoms with van der Waals surface area (Å²) in [4.78, 5) is 26.5. The highest BCUT2D eigenvalue weighted by Gasteiger charge is 2.23. The highest BCUT2D eigenvalue weighted by molar-refractivity contribution is 6.33. The van der Waals surface area contributed by atoms with Crippen molar-refractivity contribution in [2.24, 2.45) is 0 Å². The number of aryl methyl sites for hydroxylation is 2. The Hall–Kier alpha value is -3.37. The van der Waals surface area contributed by atoms with Crippen LogP contribution in [0.4, 0.5) is 0 Å². The van der Waals surface area contributed by atoms with Gasteiger partial charge in [-0.05, 0) is 72.4 Å². The summed E-state index contributed by atoms with van der Waals surface area (Å²) in [7, 11) is 0. The van der Waals surface area contributed by atoms with E-state index in [9.17, 15) is 9.59 Å². The standard InChI is InChI=1S/C28H25ClO4/c1-16-14-21-23(15-17(16)2)32-25(20-8-6-7-9-22(20)29)26(24(21)30)33-27(31)18-10-12-19(13-11-18)28(3,4)5/h6-15H,1-5H3. The van der Waals surface area contributed by atoms with Crippen LogP contribution >= 0.6 is 11.6 Å². The topological polar surface area (TPSA) is 56.5 Å². The lowest BCUT2D eigenvalue weighted by molar-refractivity contribution is 0.0731. The first kappa shape index (κ1) is 22.8. The fraction of sp³-hybridized carbons (Fsp3) is 0.214. The fourth-order valence-electron chi connectivity index (χ4n) is 3.61. The van der Waals surface area contributed by atoms with Gasteiger partial charge in [-0.1, -0.05) is 56.6 Å². The molecule has 0 bridgehead atoms. The van der Waals surface area contributed by atoms with Crippen molar-refractivity contribution >= 4 is 28.5 Å². The van der Waals surface area contributed by atoms with E-state index >= 15 is 0 Å². The van der Waals surface area contributed by atoms with E-state index in [4.69, 9.17) is 20.8 Å². The normalized spacial score (nSPS) is 11.6. The van der Waals surface area contributed by atoms with E-state index in [1.807, 2.05) is 32.0 Å². The first-order valence-corrected chi connectivity index (χ1v) is 11.1. The van der Waals surface area contributed by atoms with Crippen molar-refractivity contribution in [2.45, 2.75) is 40.0 Å². The maximum Gasteiger partial charge on any atom is 0.343 e. The average molecular weight is 461 g/mol. The van der Waals surface area contributed by atoms with Crippen LogP contribution in [0.5, 0.6) is 5.75 Å². The quantitative estimate of drug-likeness (QED) is 0.302. The van der Waals surface area contributed by atoms with Crippen LogP contribution in [0.3, 0.4) is 0 Å². The molecular weight excluding hydrogens is 436 g/mol. The predicted molar refractivity (Wildman–Crippen MR) is 133 cm³/mol. The second kappa shape index (κ2) is 8.53. The maximum atomic E-state index is 13.5. The number of carbonyl (C=O) groups is 1. The molecule has 0 aliphatic rings. The molecular formula is C28H25ClO4. The number of ether oxygens (including phenoxy) is 1. The van der Waals surface area contributed by atoms with Gasteiger partial charge in [0.2, 0.25) is 11.2 Å². The van der Waals surface area contributed by atoms with Crippen molar-refractivity contribution in [1.82, 2.24) is 0 Å². The van der Waals surface area contributed by atoms with Crippen molar-refractivity contribution in [3.8, 4) is 17.1 Å². The van der Waals surface area contributed by atoms with Crippen LogP contribution in [0.15, 0.2) is 69.9 Å². The number of carbonyl (C=O) groups excluding carboxylic acids is 1. The Bertz CT molecular complexity index is 1420. The smallest absolute Gasteiger partial charge is 0.343 e. The number of hydrogen-bond donors (Lipinski definition) is 0. The molecule has 0 aliphatic heterocycles. The van der Waals surface area contributed by atoms with Crippen LogP contribution in [0, 0.1) is 13.8 Å². The second-order valence-electron chi connectivity index (χ2n) is 9.22. The molecule has 1 aromatic heterocycles. The van der Waals surface area contributed by atoms with Crippen molar-refractivity contribution in [3.05, 3.63) is 98.2 Å². The molecule has 0 amide bonds. The summed E-state index contributed by atoms with van der Waals surface area (Å²) in [6, 6.07) is 17.7. The average Bonchev–Trinajstić information content (AvgIpc) is 2.77. The molecule has 3 aromatic carbocycles. The van der Waals surface area contributed by atoms with Gasteiger partial charge in [0.15, 0.2) is 5.76 Å². The zero-order valence-electron chi connectivity index (χ0n) is 19.3. The lowest BCUT2D eigenvalue weighted by Crippen LogP contribution is -2.17. The molecule has 4 nitrogen and oxygen atoms in total. The second-order valence-corrected chi connectivity index (χ2v) is 9.63. The van der Waals surface area contributed by atoms with Crippen LogP contribution in [0.1, 0.15) is 47.8 Å². The molecule has 0 unspecified atom stereocenters. The molecule has 0 N–H and O–H groups in total. The van der Waals surface area contributed by atoms with Crippen molar-refractivity contribution in [3.63, 3.8) is 0 Å². The Kier molecular flexibility index (Phi) is 5.89. The number of esters is 1. The Morgan fingerprint density at radius 1 is 0.939 bits per heavy atom. The van der Waals surface area contributed by atoms with Gasteiger partial charge in [0.05, 0.1) is 16.0 Å². The lowest BCUT2D eigenvalue weighted by Gasteiger charge is -2.19. The third-order valence-corrected chi connectivity index (χ3v) is 6.09. The summed E-state index contributed by atoms with van der Waals surface area (Å²) in [5.74, 6) is -0.691. The van der Waals surface area contributed by atoms with Crippen LogP contribution in [-0.4, -0.2) is 5.97 Å². The molecule has 168 valence electrons. The van der Waals surface area contributed by atoms with E-state index in [0.29, 0.717) is 27.1 Å². The van der Waals surface area contributed by atoms with Crippen LogP contribution in [-0.2, 0) is 5.41 Å². The van der Waals surface area contributed by atoms with E-state index in [1.54, 1.807) is 42.5 Å². The van der Waals surface area contributed by atoms with Crippen LogP contribution in [0.2, 0.25) is 5.02 Å². The van der Waals surface area contributed by atoms with Gasteiger partial charge in [-0.15, -0.1) is 0 Å². The molecule has 4 rings (SSSR count). The number of fused-ring (bicyclic) bond motifs is 1. The summed E-state index contributed by atoms with van der Waals surface area (Å²) in [5, 5.41) is 0.732. The minimum absolute atomic E-state index is 0.0466. The summed E-state index contributed by atoms with van der Waals surface area (Å²) < 4.78 is 11.8. The Morgan fingerprint density at radius 3 is 2.21 bits per heavy atom. The van der Waals surface area contributed by atoms with Gasteiger partial charge < -0.3 is 9.15 Å². The van der Waals surface area contributed by atoms with Gasteiger partial charge in [0.1, 0.15) is 5.58 Å². The van der Waals surface area contributed by atoms with Gasteiger partial charge in [0, 0.05) is 5.56 Å². The molecule has 0 aliphatic carbocycles. The number of rotatable bonds is 3. The molecule has 0 atom stereocenters. The molecule has 1 heterocycles. The minimum Gasteiger partial charge on any atom is -0.452 e. The van der Waals surface area contributed by atoms with E-state index in [1.165, 1.54) is 0 Å². The number of hydrogen-bond acceptors (Lipinski definition) is 4. The van der Waals surface area contributed by atoms with Crippen LogP contribution < -0.4 is 10.2 Å². The molecule has 0 saturated heterocycles. The summed E-state index contributed by atoms with van der Waals surface area (Å²) in [6.45, 7) is 10.2. The van der Waals surface area contributed by atoms with Gasteiger partial charge in [-0.3, -0.25) is 4.79 Å². The molecule has 33 heavy (non-hydrogen) atoms. The maximum absolute atomic E-state index is 13.5. The minimum atomic E-state index is -0.640. The summed E-state index contributed by atoms with van der Waals surface area (Å²) in [5.41, 5.74) is 3.77. The van der Waals surface area contributed by atoms with E-state index in [-0.39, 0.29) is 16.9 Å². The highest BCUT2D eigenvalue weighted by atomic mass is 35.5. The molecule has 0 radical (unpaired) electrons. The summed E-state index contributed by atoms with van der Waals surface area (Å²) in [6.07, 6.45) is 0. The molecule has 4 aromatic rings. The molecule has 0 fully saturated rings. The molecule has 0 saturated carbocycles. The first-order valence-electron chi connectivity index (χ1n) is 10.7. The third-order valence-electron chi connectivity index (χ3n) is 5.76.